The maximum absolute atomic E-state index is 12.8. The monoisotopic (exact) mass is 378 g/mol. The number of anilines is 1. The van der Waals surface area contributed by atoms with Crippen molar-refractivity contribution < 1.29 is 12.8 Å². The highest BCUT2D eigenvalue weighted by molar-refractivity contribution is 7.98. The van der Waals surface area contributed by atoms with Crippen molar-refractivity contribution in [3.63, 3.8) is 0 Å². The minimum absolute atomic E-state index is 0.0894. The third kappa shape index (κ3) is 3.32. The number of fused-ring (bicyclic) bond motifs is 1. The first-order valence-corrected chi connectivity index (χ1v) is 10.4. The summed E-state index contributed by atoms with van der Waals surface area (Å²) in [5.41, 5.74) is 1.88. The van der Waals surface area contributed by atoms with Gasteiger partial charge in [-0.15, -0.1) is 11.8 Å². The molecule has 0 aliphatic carbocycles. The van der Waals surface area contributed by atoms with Gasteiger partial charge in [0.15, 0.2) is 5.58 Å². The van der Waals surface area contributed by atoms with E-state index in [1.807, 2.05) is 19.2 Å². The molecule has 1 N–H and O–H groups in total. The molecular formula is C17H18N2O4S2. The van der Waals surface area contributed by atoms with Crippen LogP contribution in [-0.4, -0.2) is 19.2 Å². The van der Waals surface area contributed by atoms with E-state index in [2.05, 4.69) is 4.72 Å². The van der Waals surface area contributed by atoms with Crippen molar-refractivity contribution in [2.24, 2.45) is 0 Å². The first-order chi connectivity index (χ1) is 11.9. The fourth-order valence-corrected chi connectivity index (χ4v) is 4.43. The summed E-state index contributed by atoms with van der Waals surface area (Å²) in [6.45, 7) is 3.98. The lowest BCUT2D eigenvalue weighted by Gasteiger charge is -2.11. The summed E-state index contributed by atoms with van der Waals surface area (Å²) >= 11 is 1.53. The third-order valence-corrected chi connectivity index (χ3v) is 6.14. The lowest BCUT2D eigenvalue weighted by atomic mass is 10.2. The van der Waals surface area contributed by atoms with E-state index in [1.54, 1.807) is 31.2 Å². The zero-order valence-electron chi connectivity index (χ0n) is 14.1. The maximum atomic E-state index is 12.8. The highest BCUT2D eigenvalue weighted by atomic mass is 32.2. The van der Waals surface area contributed by atoms with E-state index >= 15 is 0 Å². The second kappa shape index (κ2) is 6.61. The van der Waals surface area contributed by atoms with Gasteiger partial charge in [-0.25, -0.2) is 13.2 Å². The van der Waals surface area contributed by atoms with Crippen LogP contribution in [-0.2, 0) is 16.6 Å². The van der Waals surface area contributed by atoms with E-state index in [0.717, 1.165) is 4.90 Å². The number of aryl methyl sites for hydroxylation is 2. The average molecular weight is 378 g/mol. The number of thioether (sulfide) groups is 1. The van der Waals surface area contributed by atoms with Gasteiger partial charge in [-0.1, -0.05) is 6.07 Å². The van der Waals surface area contributed by atoms with Crippen molar-refractivity contribution in [1.29, 1.82) is 0 Å². The predicted octanol–water partition coefficient (Wildman–Crippen LogP) is 3.45. The van der Waals surface area contributed by atoms with Crippen LogP contribution < -0.4 is 10.5 Å². The van der Waals surface area contributed by atoms with Crippen LogP contribution in [0.3, 0.4) is 0 Å². The Kier molecular flexibility index (Phi) is 4.66. The molecular weight excluding hydrogens is 360 g/mol. The van der Waals surface area contributed by atoms with E-state index in [9.17, 15) is 13.2 Å². The number of hydrogen-bond donors (Lipinski definition) is 1. The SMILES string of the molecule is CCn1c(=O)oc2cc(S(=O)(=O)Nc3cccc(SC)c3)c(C)cc21. The van der Waals surface area contributed by atoms with Crippen LogP contribution >= 0.6 is 11.8 Å². The largest absolute Gasteiger partial charge is 0.419 e. The number of rotatable bonds is 5. The molecule has 0 aliphatic rings. The molecule has 0 atom stereocenters. The summed E-state index contributed by atoms with van der Waals surface area (Å²) in [5.74, 6) is -0.493. The van der Waals surface area contributed by atoms with E-state index in [-0.39, 0.29) is 10.5 Å². The van der Waals surface area contributed by atoms with E-state index in [0.29, 0.717) is 23.3 Å². The second-order valence-electron chi connectivity index (χ2n) is 5.54. The molecule has 0 amide bonds. The highest BCUT2D eigenvalue weighted by Gasteiger charge is 2.20. The predicted molar refractivity (Wildman–Crippen MR) is 99.9 cm³/mol. The van der Waals surface area contributed by atoms with Crippen LogP contribution in [0.5, 0.6) is 0 Å². The minimum atomic E-state index is -3.80. The van der Waals surface area contributed by atoms with Crippen molar-refractivity contribution in [3.8, 4) is 0 Å². The Morgan fingerprint density at radius 1 is 1.24 bits per heavy atom. The number of nitrogens with one attached hydrogen (secondary N) is 1. The van der Waals surface area contributed by atoms with Gasteiger partial charge in [-0.2, -0.15) is 0 Å². The fraction of sp³-hybridized carbons (Fsp3) is 0.235. The first kappa shape index (κ1) is 17.6. The molecule has 0 saturated heterocycles. The van der Waals surface area contributed by atoms with Crippen LogP contribution in [0, 0.1) is 6.92 Å². The fourth-order valence-electron chi connectivity index (χ4n) is 2.68. The smallest absolute Gasteiger partial charge is 0.408 e. The zero-order valence-corrected chi connectivity index (χ0v) is 15.7. The maximum Gasteiger partial charge on any atom is 0.419 e. The van der Waals surface area contributed by atoms with Gasteiger partial charge in [0, 0.05) is 23.2 Å². The van der Waals surface area contributed by atoms with E-state index in [4.69, 9.17) is 4.42 Å². The molecule has 3 rings (SSSR count). The van der Waals surface area contributed by atoms with Crippen molar-refractivity contribution in [1.82, 2.24) is 4.57 Å². The molecule has 6 nitrogen and oxygen atoms in total. The molecule has 0 bridgehead atoms. The van der Waals surface area contributed by atoms with Crippen LogP contribution in [0.15, 0.2) is 55.4 Å². The normalized spacial score (nSPS) is 11.8. The van der Waals surface area contributed by atoms with Crippen LogP contribution in [0.2, 0.25) is 0 Å². The van der Waals surface area contributed by atoms with Gasteiger partial charge in [0.05, 0.1) is 10.4 Å². The van der Waals surface area contributed by atoms with Gasteiger partial charge in [-0.05, 0) is 49.9 Å². The molecule has 0 spiro atoms. The molecule has 0 saturated carbocycles. The number of sulfonamides is 1. The second-order valence-corrected chi connectivity index (χ2v) is 8.07. The van der Waals surface area contributed by atoms with Crippen LogP contribution in [0.25, 0.3) is 11.1 Å². The molecule has 2 aromatic carbocycles. The molecule has 0 unspecified atom stereocenters. The van der Waals surface area contributed by atoms with E-state index < -0.39 is 15.8 Å². The summed E-state index contributed by atoms with van der Waals surface area (Å²) in [6, 6.07) is 10.2. The third-order valence-electron chi connectivity index (χ3n) is 3.89. The molecule has 132 valence electrons. The zero-order chi connectivity index (χ0) is 18.2. The molecule has 8 heteroatoms. The van der Waals surface area contributed by atoms with Gasteiger partial charge in [0.25, 0.3) is 10.0 Å². The summed E-state index contributed by atoms with van der Waals surface area (Å²) in [5, 5.41) is 0. The molecule has 0 fully saturated rings. The Balaban J connectivity index is 2.07. The molecule has 1 aromatic heterocycles. The summed E-state index contributed by atoms with van der Waals surface area (Å²) < 4.78 is 34.8. The van der Waals surface area contributed by atoms with Crippen LogP contribution in [0.1, 0.15) is 12.5 Å². The van der Waals surface area contributed by atoms with Crippen molar-refractivity contribution in [2.75, 3.05) is 11.0 Å². The summed E-state index contributed by atoms with van der Waals surface area (Å²) in [6.07, 6.45) is 1.92. The molecule has 25 heavy (non-hydrogen) atoms. The molecule has 3 aromatic rings. The number of nitrogens with zero attached hydrogens (tertiary/aromatic N) is 1. The summed E-state index contributed by atoms with van der Waals surface area (Å²) in [7, 11) is -3.80. The summed E-state index contributed by atoms with van der Waals surface area (Å²) in [4.78, 5) is 12.9. The Hall–Kier alpha value is -2.19. The lowest BCUT2D eigenvalue weighted by Crippen LogP contribution is -2.14. The number of hydrogen-bond acceptors (Lipinski definition) is 5. The Morgan fingerprint density at radius 3 is 2.68 bits per heavy atom. The highest BCUT2D eigenvalue weighted by Crippen LogP contribution is 2.26. The number of aromatic nitrogens is 1. The Morgan fingerprint density at radius 2 is 2.00 bits per heavy atom. The molecule has 0 radical (unpaired) electrons. The first-order valence-electron chi connectivity index (χ1n) is 7.66. The van der Waals surface area contributed by atoms with Gasteiger partial charge in [0.2, 0.25) is 0 Å². The lowest BCUT2D eigenvalue weighted by molar-refractivity contribution is 0.512. The number of benzene rings is 2. The topological polar surface area (TPSA) is 81.3 Å². The molecule has 0 aliphatic heterocycles. The Bertz CT molecular complexity index is 1100. The van der Waals surface area contributed by atoms with Crippen molar-refractivity contribution >= 4 is 38.6 Å². The number of oxazole rings is 1. The average Bonchev–Trinajstić information content (AvgIpc) is 2.88. The van der Waals surface area contributed by atoms with Crippen molar-refractivity contribution in [3.05, 3.63) is 52.5 Å². The minimum Gasteiger partial charge on any atom is -0.408 e. The molecule has 1 heterocycles. The standard InChI is InChI=1S/C17H18N2O4S2/c1-4-19-14-8-11(2)16(10-15(14)23-17(19)20)25(21,22)18-12-6-5-7-13(9-12)24-3/h5-10,18H,4H2,1-3H3. The van der Waals surface area contributed by atoms with Gasteiger partial charge in [-0.3, -0.25) is 9.29 Å². The van der Waals surface area contributed by atoms with Crippen molar-refractivity contribution in [2.45, 2.75) is 30.2 Å². The van der Waals surface area contributed by atoms with Gasteiger partial charge in [0.1, 0.15) is 0 Å². The Labute approximate surface area is 149 Å². The van der Waals surface area contributed by atoms with E-state index in [1.165, 1.54) is 22.4 Å². The quantitative estimate of drug-likeness (QED) is 0.688. The van der Waals surface area contributed by atoms with Gasteiger partial charge >= 0.3 is 5.76 Å². The van der Waals surface area contributed by atoms with Gasteiger partial charge < -0.3 is 4.42 Å². The van der Waals surface area contributed by atoms with Crippen LogP contribution in [0.4, 0.5) is 5.69 Å².